The van der Waals surface area contributed by atoms with Gasteiger partial charge in [0.25, 0.3) is 11.5 Å². The third-order valence-electron chi connectivity index (χ3n) is 5.51. The van der Waals surface area contributed by atoms with Crippen LogP contribution in [0.1, 0.15) is 35.7 Å². The van der Waals surface area contributed by atoms with Crippen LogP contribution < -0.4 is 10.9 Å². The van der Waals surface area contributed by atoms with Crippen LogP contribution in [-0.2, 0) is 13.0 Å². The first-order valence-corrected chi connectivity index (χ1v) is 10.8. The number of aromatic nitrogens is 2. The minimum atomic E-state index is -0.323. The van der Waals surface area contributed by atoms with Gasteiger partial charge in [-0.15, -0.1) is 0 Å². The highest BCUT2D eigenvalue weighted by molar-refractivity contribution is 5.95. The van der Waals surface area contributed by atoms with Crippen molar-refractivity contribution >= 4 is 16.8 Å². The van der Waals surface area contributed by atoms with Gasteiger partial charge in [-0.3, -0.25) is 9.59 Å². The minimum absolute atomic E-state index is 0.191. The van der Waals surface area contributed by atoms with Crippen LogP contribution in [0.25, 0.3) is 22.0 Å². The lowest BCUT2D eigenvalue weighted by Gasteiger charge is -2.12. The number of nitrogens with one attached hydrogen (secondary N) is 2. The van der Waals surface area contributed by atoms with Crippen LogP contribution in [-0.4, -0.2) is 22.0 Å². The molecule has 0 bridgehead atoms. The van der Waals surface area contributed by atoms with Gasteiger partial charge < -0.3 is 14.9 Å². The first-order chi connectivity index (χ1) is 15.2. The number of carbonyl (C=O) groups excluding carboxylic acids is 1. The lowest BCUT2D eigenvalue weighted by molar-refractivity contribution is 0.0952. The molecule has 0 aliphatic rings. The Balaban J connectivity index is 1.62. The van der Waals surface area contributed by atoms with E-state index in [2.05, 4.69) is 23.3 Å². The summed E-state index contributed by atoms with van der Waals surface area (Å²) >= 11 is 0. The van der Waals surface area contributed by atoms with Gasteiger partial charge in [0.2, 0.25) is 0 Å². The standard InChI is InChI=1S/C26H27N3O2/c1-2-3-15-29-18-22(20-9-10-24-21(16-20)12-14-27-24)17-23(26(29)31)25(30)28-13-11-19-7-5-4-6-8-19/h4-10,12,14,16-18,27H,2-3,11,13,15H2,1H3,(H,28,30). The Morgan fingerprint density at radius 2 is 1.87 bits per heavy atom. The molecular weight excluding hydrogens is 386 g/mol. The van der Waals surface area contributed by atoms with Crippen LogP contribution in [0.5, 0.6) is 0 Å². The van der Waals surface area contributed by atoms with E-state index in [0.29, 0.717) is 13.1 Å². The van der Waals surface area contributed by atoms with Crippen LogP contribution >= 0.6 is 0 Å². The molecule has 0 spiro atoms. The zero-order chi connectivity index (χ0) is 21.6. The van der Waals surface area contributed by atoms with E-state index in [1.807, 2.05) is 60.9 Å². The van der Waals surface area contributed by atoms with E-state index in [1.54, 1.807) is 10.6 Å². The molecule has 5 nitrogen and oxygen atoms in total. The molecule has 2 heterocycles. The molecule has 0 aliphatic carbocycles. The number of benzene rings is 2. The van der Waals surface area contributed by atoms with Crippen LogP contribution in [0.15, 0.2) is 77.9 Å². The molecule has 2 aromatic carbocycles. The fourth-order valence-electron chi connectivity index (χ4n) is 3.74. The quantitative estimate of drug-likeness (QED) is 0.437. The molecule has 0 unspecified atom stereocenters. The maximum atomic E-state index is 13.0. The molecule has 0 atom stereocenters. The number of amides is 1. The van der Waals surface area contributed by atoms with Gasteiger partial charge in [-0.05, 0) is 59.2 Å². The summed E-state index contributed by atoms with van der Waals surface area (Å²) in [6.45, 7) is 3.17. The van der Waals surface area contributed by atoms with Gasteiger partial charge in [0.15, 0.2) is 0 Å². The molecule has 4 aromatic rings. The summed E-state index contributed by atoms with van der Waals surface area (Å²) in [5.41, 5.74) is 4.01. The summed E-state index contributed by atoms with van der Waals surface area (Å²) in [4.78, 5) is 29.1. The van der Waals surface area contributed by atoms with Crippen molar-refractivity contribution in [2.45, 2.75) is 32.7 Å². The average Bonchev–Trinajstić information content (AvgIpc) is 3.27. The number of nitrogens with zero attached hydrogens (tertiary/aromatic N) is 1. The Hall–Kier alpha value is -3.60. The summed E-state index contributed by atoms with van der Waals surface area (Å²) in [6.07, 6.45) is 6.36. The van der Waals surface area contributed by atoms with Gasteiger partial charge in [0, 0.05) is 31.0 Å². The predicted molar refractivity (Wildman–Crippen MR) is 125 cm³/mol. The van der Waals surface area contributed by atoms with Crippen LogP contribution in [0.4, 0.5) is 0 Å². The van der Waals surface area contributed by atoms with E-state index in [0.717, 1.165) is 46.9 Å². The fourth-order valence-corrected chi connectivity index (χ4v) is 3.74. The Morgan fingerprint density at radius 3 is 2.68 bits per heavy atom. The lowest BCUT2D eigenvalue weighted by atomic mass is 10.0. The van der Waals surface area contributed by atoms with Gasteiger partial charge in [-0.2, -0.15) is 0 Å². The average molecular weight is 414 g/mol. The number of hydrogen-bond acceptors (Lipinski definition) is 2. The van der Waals surface area contributed by atoms with Crippen molar-refractivity contribution in [2.24, 2.45) is 0 Å². The number of unbranched alkanes of at least 4 members (excludes halogenated alkanes) is 1. The van der Waals surface area contributed by atoms with Crippen molar-refractivity contribution in [1.82, 2.24) is 14.9 Å². The summed E-state index contributed by atoms with van der Waals surface area (Å²) in [7, 11) is 0. The largest absolute Gasteiger partial charge is 0.361 e. The highest BCUT2D eigenvalue weighted by Gasteiger charge is 2.15. The van der Waals surface area contributed by atoms with Crippen molar-refractivity contribution in [3.05, 3.63) is 94.5 Å². The summed E-state index contributed by atoms with van der Waals surface area (Å²) in [5, 5.41) is 4.01. The van der Waals surface area contributed by atoms with Gasteiger partial charge in [0.1, 0.15) is 5.56 Å². The number of fused-ring (bicyclic) bond motifs is 1. The van der Waals surface area contributed by atoms with E-state index in [4.69, 9.17) is 0 Å². The zero-order valence-corrected chi connectivity index (χ0v) is 17.7. The maximum Gasteiger partial charge on any atom is 0.263 e. The Kier molecular flexibility index (Phi) is 6.32. The van der Waals surface area contributed by atoms with Crippen LogP contribution in [0.2, 0.25) is 0 Å². The highest BCUT2D eigenvalue weighted by atomic mass is 16.2. The van der Waals surface area contributed by atoms with Crippen LogP contribution in [0.3, 0.4) is 0 Å². The molecular formula is C26H27N3O2. The van der Waals surface area contributed by atoms with Crippen molar-refractivity contribution in [3.63, 3.8) is 0 Å². The van der Waals surface area contributed by atoms with E-state index in [-0.39, 0.29) is 17.0 Å². The molecule has 5 heteroatoms. The number of hydrogen-bond donors (Lipinski definition) is 2. The van der Waals surface area contributed by atoms with E-state index >= 15 is 0 Å². The molecule has 31 heavy (non-hydrogen) atoms. The van der Waals surface area contributed by atoms with Crippen molar-refractivity contribution in [2.75, 3.05) is 6.54 Å². The Morgan fingerprint density at radius 1 is 1.03 bits per heavy atom. The summed E-state index contributed by atoms with van der Waals surface area (Å²) < 4.78 is 1.67. The SMILES string of the molecule is CCCCn1cc(-c2ccc3[nH]ccc3c2)cc(C(=O)NCCc2ccccc2)c1=O. The molecule has 0 saturated carbocycles. The smallest absolute Gasteiger partial charge is 0.263 e. The van der Waals surface area contributed by atoms with Crippen molar-refractivity contribution < 1.29 is 4.79 Å². The third kappa shape index (κ3) is 4.77. The molecule has 0 fully saturated rings. The molecule has 0 aliphatic heterocycles. The summed E-state index contributed by atoms with van der Waals surface area (Å²) in [5.74, 6) is -0.323. The molecule has 4 rings (SSSR count). The van der Waals surface area contributed by atoms with Gasteiger partial charge in [0.05, 0.1) is 0 Å². The first kappa shape index (κ1) is 20.7. The second-order valence-electron chi connectivity index (χ2n) is 7.77. The molecule has 0 radical (unpaired) electrons. The predicted octanol–water partition coefficient (Wildman–Crippen LogP) is 4.77. The van der Waals surface area contributed by atoms with Gasteiger partial charge in [-0.1, -0.05) is 49.7 Å². The summed E-state index contributed by atoms with van der Waals surface area (Å²) in [6, 6.07) is 19.8. The maximum absolute atomic E-state index is 13.0. The number of rotatable bonds is 8. The number of carbonyl (C=O) groups is 1. The van der Waals surface area contributed by atoms with Crippen molar-refractivity contribution in [3.8, 4) is 11.1 Å². The number of pyridine rings is 1. The Labute approximate surface area is 181 Å². The Bertz CT molecular complexity index is 1240. The van der Waals surface area contributed by atoms with Gasteiger partial charge in [-0.25, -0.2) is 0 Å². The topological polar surface area (TPSA) is 66.9 Å². The highest BCUT2D eigenvalue weighted by Crippen LogP contribution is 2.24. The molecule has 1 amide bonds. The number of aromatic amines is 1. The molecule has 2 aromatic heterocycles. The lowest BCUT2D eigenvalue weighted by Crippen LogP contribution is -2.34. The third-order valence-corrected chi connectivity index (χ3v) is 5.51. The molecule has 0 saturated heterocycles. The van der Waals surface area contributed by atoms with E-state index in [9.17, 15) is 9.59 Å². The molecule has 2 N–H and O–H groups in total. The zero-order valence-electron chi connectivity index (χ0n) is 17.7. The minimum Gasteiger partial charge on any atom is -0.361 e. The van der Waals surface area contributed by atoms with Gasteiger partial charge >= 0.3 is 0 Å². The number of aryl methyl sites for hydroxylation is 1. The normalized spacial score (nSPS) is 11.0. The second kappa shape index (κ2) is 9.47. The first-order valence-electron chi connectivity index (χ1n) is 10.8. The fraction of sp³-hybridized carbons (Fsp3) is 0.231. The van der Waals surface area contributed by atoms with Crippen molar-refractivity contribution in [1.29, 1.82) is 0 Å². The number of H-pyrrole nitrogens is 1. The van der Waals surface area contributed by atoms with Crippen LogP contribution in [0, 0.1) is 0 Å². The van der Waals surface area contributed by atoms with E-state index in [1.165, 1.54) is 0 Å². The second-order valence-corrected chi connectivity index (χ2v) is 7.77. The molecule has 158 valence electrons. The monoisotopic (exact) mass is 413 g/mol. The van der Waals surface area contributed by atoms with E-state index < -0.39 is 0 Å².